The zero-order chi connectivity index (χ0) is 12.8. The third-order valence-corrected chi connectivity index (χ3v) is 2.76. The number of carboxylic acid groups (broad SMARTS) is 1. The molecule has 0 aliphatic heterocycles. The largest absolute Gasteiger partial charge is 0.478 e. The van der Waals surface area contributed by atoms with Gasteiger partial charge >= 0.3 is 5.97 Å². The van der Waals surface area contributed by atoms with Crippen LogP contribution in [0.3, 0.4) is 0 Å². The van der Waals surface area contributed by atoms with Crippen molar-refractivity contribution in [2.75, 3.05) is 11.6 Å². The Morgan fingerprint density at radius 2 is 2.12 bits per heavy atom. The molecule has 0 bridgehead atoms. The van der Waals surface area contributed by atoms with E-state index in [4.69, 9.17) is 5.11 Å². The average molecular weight is 251 g/mol. The molecule has 1 amide bonds. The molecule has 90 valence electrons. The Morgan fingerprint density at radius 3 is 2.65 bits per heavy atom. The smallest absolute Gasteiger partial charge is 0.328 e. The molecule has 1 aromatic rings. The molecule has 0 aliphatic rings. The van der Waals surface area contributed by atoms with Crippen LogP contribution < -0.4 is 5.32 Å². The molecule has 0 saturated heterocycles. The highest BCUT2D eigenvalue weighted by atomic mass is 32.2. The fourth-order valence-corrected chi connectivity index (χ4v) is 1.92. The fraction of sp³-hybridized carbons (Fsp3) is 0.167. The first-order valence-electron chi connectivity index (χ1n) is 4.90. The summed E-state index contributed by atoms with van der Waals surface area (Å²) in [6.07, 6.45) is 4.41. The molecule has 0 unspecified atom stereocenters. The van der Waals surface area contributed by atoms with Crippen LogP contribution in [0, 0.1) is 0 Å². The standard InChI is InChI=1S/C12H13NO3S/c1-8(14)13-12-9(6-7-11(15)16)4-3-5-10(12)17-2/h3-7H,1-2H3,(H,13,14)(H,15,16)/b7-6+. The Bertz CT molecular complexity index is 469. The molecule has 4 nitrogen and oxygen atoms in total. The predicted molar refractivity (Wildman–Crippen MR) is 69.2 cm³/mol. The van der Waals surface area contributed by atoms with Gasteiger partial charge in [0.2, 0.25) is 5.91 Å². The van der Waals surface area contributed by atoms with Crippen LogP contribution in [0.1, 0.15) is 12.5 Å². The number of rotatable bonds is 4. The lowest BCUT2D eigenvalue weighted by Crippen LogP contribution is -2.08. The molecule has 0 aromatic heterocycles. The van der Waals surface area contributed by atoms with E-state index in [2.05, 4.69) is 5.32 Å². The summed E-state index contributed by atoms with van der Waals surface area (Å²) in [6.45, 7) is 1.42. The summed E-state index contributed by atoms with van der Waals surface area (Å²) < 4.78 is 0. The number of carboxylic acids is 1. The van der Waals surface area contributed by atoms with Crippen molar-refractivity contribution < 1.29 is 14.7 Å². The lowest BCUT2D eigenvalue weighted by atomic mass is 10.1. The van der Waals surface area contributed by atoms with E-state index in [0.29, 0.717) is 11.3 Å². The van der Waals surface area contributed by atoms with Gasteiger partial charge in [-0.2, -0.15) is 0 Å². The SMILES string of the molecule is CSc1cccc(/C=C/C(=O)O)c1NC(C)=O. The number of carbonyl (C=O) groups is 2. The molecule has 0 radical (unpaired) electrons. The lowest BCUT2D eigenvalue weighted by molar-refractivity contribution is -0.131. The molecule has 1 aromatic carbocycles. The van der Waals surface area contributed by atoms with Crippen molar-refractivity contribution in [3.8, 4) is 0 Å². The number of nitrogens with one attached hydrogen (secondary N) is 1. The van der Waals surface area contributed by atoms with E-state index in [1.165, 1.54) is 24.8 Å². The van der Waals surface area contributed by atoms with E-state index < -0.39 is 5.97 Å². The first-order chi connectivity index (χ1) is 8.04. The molecule has 2 N–H and O–H groups in total. The van der Waals surface area contributed by atoms with Gasteiger partial charge in [0.25, 0.3) is 0 Å². The van der Waals surface area contributed by atoms with Gasteiger partial charge in [-0.1, -0.05) is 12.1 Å². The van der Waals surface area contributed by atoms with Crippen molar-refractivity contribution in [3.05, 3.63) is 29.8 Å². The number of para-hydroxylation sites is 1. The van der Waals surface area contributed by atoms with Gasteiger partial charge in [0.15, 0.2) is 0 Å². The van der Waals surface area contributed by atoms with Crippen molar-refractivity contribution in [2.45, 2.75) is 11.8 Å². The van der Waals surface area contributed by atoms with Gasteiger partial charge in [-0.15, -0.1) is 11.8 Å². The van der Waals surface area contributed by atoms with Crippen molar-refractivity contribution in [1.82, 2.24) is 0 Å². The monoisotopic (exact) mass is 251 g/mol. The maximum atomic E-state index is 11.1. The van der Waals surface area contributed by atoms with Crippen LogP contribution in [-0.4, -0.2) is 23.2 Å². The minimum atomic E-state index is -1.02. The third kappa shape index (κ3) is 3.96. The van der Waals surface area contributed by atoms with E-state index in [1.807, 2.05) is 18.4 Å². The second kappa shape index (κ2) is 6.10. The molecule has 0 atom stereocenters. The lowest BCUT2D eigenvalue weighted by Gasteiger charge is -2.11. The molecular formula is C12H13NO3S. The van der Waals surface area contributed by atoms with E-state index in [9.17, 15) is 9.59 Å². The van der Waals surface area contributed by atoms with Gasteiger partial charge in [0.1, 0.15) is 0 Å². The average Bonchev–Trinajstić information content (AvgIpc) is 2.26. The molecule has 0 heterocycles. The quantitative estimate of drug-likeness (QED) is 0.637. The highest BCUT2D eigenvalue weighted by Crippen LogP contribution is 2.29. The van der Waals surface area contributed by atoms with Gasteiger partial charge in [0.05, 0.1) is 5.69 Å². The topological polar surface area (TPSA) is 66.4 Å². The molecule has 1 rings (SSSR count). The summed E-state index contributed by atoms with van der Waals surface area (Å²) >= 11 is 1.49. The highest BCUT2D eigenvalue weighted by molar-refractivity contribution is 7.98. The minimum Gasteiger partial charge on any atom is -0.478 e. The van der Waals surface area contributed by atoms with Crippen LogP contribution in [0.25, 0.3) is 6.08 Å². The number of aliphatic carboxylic acids is 1. The molecule has 0 aliphatic carbocycles. The number of anilines is 1. The van der Waals surface area contributed by atoms with Crippen LogP contribution in [0.4, 0.5) is 5.69 Å². The van der Waals surface area contributed by atoms with E-state index in [1.54, 1.807) is 6.07 Å². The number of carbonyl (C=O) groups excluding carboxylic acids is 1. The number of hydrogen-bond acceptors (Lipinski definition) is 3. The van der Waals surface area contributed by atoms with Gasteiger partial charge < -0.3 is 10.4 Å². The Balaban J connectivity index is 3.18. The Kier molecular flexibility index (Phi) is 4.78. The Labute approximate surface area is 104 Å². The van der Waals surface area contributed by atoms with Gasteiger partial charge in [-0.3, -0.25) is 4.79 Å². The Morgan fingerprint density at radius 1 is 1.41 bits per heavy atom. The zero-order valence-electron chi connectivity index (χ0n) is 9.56. The van der Waals surface area contributed by atoms with Crippen molar-refractivity contribution in [3.63, 3.8) is 0 Å². The predicted octanol–water partition coefficient (Wildman–Crippen LogP) is 2.46. The van der Waals surface area contributed by atoms with Crippen molar-refractivity contribution >= 4 is 35.4 Å². The second-order valence-electron chi connectivity index (χ2n) is 3.28. The van der Waals surface area contributed by atoms with E-state index in [0.717, 1.165) is 11.0 Å². The fourth-order valence-electron chi connectivity index (χ4n) is 1.33. The maximum Gasteiger partial charge on any atom is 0.328 e. The number of benzene rings is 1. The van der Waals surface area contributed by atoms with Gasteiger partial charge in [0, 0.05) is 17.9 Å². The highest BCUT2D eigenvalue weighted by Gasteiger charge is 2.07. The number of amides is 1. The van der Waals surface area contributed by atoms with Crippen LogP contribution in [0.5, 0.6) is 0 Å². The normalized spacial score (nSPS) is 10.5. The number of thioether (sulfide) groups is 1. The summed E-state index contributed by atoms with van der Waals surface area (Å²) in [7, 11) is 0. The zero-order valence-corrected chi connectivity index (χ0v) is 10.4. The summed E-state index contributed by atoms with van der Waals surface area (Å²) in [4.78, 5) is 22.5. The molecule has 17 heavy (non-hydrogen) atoms. The van der Waals surface area contributed by atoms with Crippen molar-refractivity contribution in [2.24, 2.45) is 0 Å². The van der Waals surface area contributed by atoms with Crippen LogP contribution >= 0.6 is 11.8 Å². The molecule has 5 heteroatoms. The molecule has 0 fully saturated rings. The second-order valence-corrected chi connectivity index (χ2v) is 4.13. The minimum absolute atomic E-state index is 0.184. The van der Waals surface area contributed by atoms with Crippen LogP contribution in [0.15, 0.2) is 29.2 Å². The van der Waals surface area contributed by atoms with Crippen LogP contribution in [-0.2, 0) is 9.59 Å². The molecule has 0 saturated carbocycles. The van der Waals surface area contributed by atoms with E-state index in [-0.39, 0.29) is 5.91 Å². The van der Waals surface area contributed by atoms with Gasteiger partial charge in [-0.25, -0.2) is 4.79 Å². The van der Waals surface area contributed by atoms with Crippen LogP contribution in [0.2, 0.25) is 0 Å². The third-order valence-electron chi connectivity index (χ3n) is 1.98. The summed E-state index contributed by atoms with van der Waals surface area (Å²) in [5, 5.41) is 11.3. The molecular weight excluding hydrogens is 238 g/mol. The summed E-state index contributed by atoms with van der Waals surface area (Å²) in [5.41, 5.74) is 1.32. The summed E-state index contributed by atoms with van der Waals surface area (Å²) in [5.74, 6) is -1.20. The first-order valence-corrected chi connectivity index (χ1v) is 6.12. The first kappa shape index (κ1) is 13.3. The van der Waals surface area contributed by atoms with E-state index >= 15 is 0 Å². The number of hydrogen-bond donors (Lipinski definition) is 2. The molecule has 0 spiro atoms. The maximum absolute atomic E-state index is 11.1. The van der Waals surface area contributed by atoms with Gasteiger partial charge in [-0.05, 0) is 24.0 Å². The Hall–Kier alpha value is -1.75. The van der Waals surface area contributed by atoms with Crippen molar-refractivity contribution in [1.29, 1.82) is 0 Å². The summed E-state index contributed by atoms with van der Waals surface area (Å²) in [6, 6.07) is 5.44.